The Morgan fingerprint density at radius 1 is 1.60 bits per heavy atom. The van der Waals surface area contributed by atoms with E-state index in [9.17, 15) is 4.79 Å². The van der Waals surface area contributed by atoms with Crippen molar-refractivity contribution in [3.63, 3.8) is 0 Å². The smallest absolute Gasteiger partial charge is 0.323 e. The van der Waals surface area contributed by atoms with Crippen molar-refractivity contribution in [3.05, 3.63) is 0 Å². The van der Waals surface area contributed by atoms with E-state index in [1.54, 1.807) is 5.48 Å². The SMILES string of the molecule is CC(C)C[C@H](NO)C(=O)O. The minimum Gasteiger partial charge on any atom is -0.480 e. The van der Waals surface area contributed by atoms with Gasteiger partial charge in [-0.3, -0.25) is 4.79 Å². The van der Waals surface area contributed by atoms with Gasteiger partial charge in [0, 0.05) is 0 Å². The summed E-state index contributed by atoms with van der Waals surface area (Å²) in [7, 11) is 0. The first-order valence-electron chi connectivity index (χ1n) is 3.20. The summed E-state index contributed by atoms with van der Waals surface area (Å²) in [5.74, 6) is -0.753. The van der Waals surface area contributed by atoms with E-state index in [0.29, 0.717) is 6.42 Å². The van der Waals surface area contributed by atoms with Crippen LogP contribution in [-0.2, 0) is 4.79 Å². The van der Waals surface area contributed by atoms with Crippen LogP contribution in [0, 0.1) is 5.92 Å². The third kappa shape index (κ3) is 3.42. The van der Waals surface area contributed by atoms with Crippen molar-refractivity contribution in [2.75, 3.05) is 0 Å². The van der Waals surface area contributed by atoms with Gasteiger partial charge in [-0.15, -0.1) is 0 Å². The van der Waals surface area contributed by atoms with Gasteiger partial charge in [0.05, 0.1) is 0 Å². The lowest BCUT2D eigenvalue weighted by Crippen LogP contribution is -2.35. The number of rotatable bonds is 4. The molecule has 0 radical (unpaired) electrons. The number of carboxylic acids is 1. The van der Waals surface area contributed by atoms with Crippen LogP contribution < -0.4 is 5.48 Å². The van der Waals surface area contributed by atoms with Gasteiger partial charge in [-0.2, -0.15) is 5.48 Å². The van der Waals surface area contributed by atoms with E-state index in [1.807, 2.05) is 13.8 Å². The first-order chi connectivity index (χ1) is 4.57. The maximum atomic E-state index is 10.2. The second kappa shape index (κ2) is 4.24. The molecule has 0 aromatic rings. The van der Waals surface area contributed by atoms with Gasteiger partial charge in [0.25, 0.3) is 0 Å². The fraction of sp³-hybridized carbons (Fsp3) is 0.833. The number of nitrogens with one attached hydrogen (secondary N) is 1. The molecule has 0 spiro atoms. The van der Waals surface area contributed by atoms with Gasteiger partial charge < -0.3 is 10.3 Å². The van der Waals surface area contributed by atoms with Gasteiger partial charge in [-0.1, -0.05) is 13.8 Å². The van der Waals surface area contributed by atoms with E-state index < -0.39 is 12.0 Å². The number of carboxylic acid groups (broad SMARTS) is 1. The molecule has 0 aliphatic carbocycles. The van der Waals surface area contributed by atoms with Crippen LogP contribution in [0.2, 0.25) is 0 Å². The van der Waals surface area contributed by atoms with Crippen molar-refractivity contribution in [2.45, 2.75) is 26.3 Å². The third-order valence-corrected chi connectivity index (χ3v) is 1.16. The Bertz CT molecular complexity index is 114. The monoisotopic (exact) mass is 147 g/mol. The largest absolute Gasteiger partial charge is 0.480 e. The highest BCUT2D eigenvalue weighted by atomic mass is 16.5. The Hall–Kier alpha value is -0.610. The van der Waals surface area contributed by atoms with Crippen molar-refractivity contribution in [2.24, 2.45) is 5.92 Å². The zero-order valence-corrected chi connectivity index (χ0v) is 6.16. The van der Waals surface area contributed by atoms with E-state index in [4.69, 9.17) is 10.3 Å². The Morgan fingerprint density at radius 2 is 2.10 bits per heavy atom. The molecule has 0 aliphatic rings. The van der Waals surface area contributed by atoms with Crippen molar-refractivity contribution >= 4 is 5.97 Å². The maximum absolute atomic E-state index is 10.2. The molecule has 60 valence electrons. The van der Waals surface area contributed by atoms with E-state index in [-0.39, 0.29) is 5.92 Å². The van der Waals surface area contributed by atoms with Crippen LogP contribution in [0.4, 0.5) is 0 Å². The molecular weight excluding hydrogens is 134 g/mol. The lowest BCUT2D eigenvalue weighted by atomic mass is 10.1. The molecule has 0 fully saturated rings. The van der Waals surface area contributed by atoms with Crippen molar-refractivity contribution < 1.29 is 15.1 Å². The van der Waals surface area contributed by atoms with Gasteiger partial charge in [0.1, 0.15) is 6.04 Å². The molecular formula is C6H13NO3. The third-order valence-electron chi connectivity index (χ3n) is 1.16. The molecule has 0 bridgehead atoms. The summed E-state index contributed by atoms with van der Waals surface area (Å²) in [6.07, 6.45) is 0.436. The molecule has 4 nitrogen and oxygen atoms in total. The summed E-state index contributed by atoms with van der Waals surface area (Å²) >= 11 is 0. The highest BCUT2D eigenvalue weighted by Gasteiger charge is 2.16. The van der Waals surface area contributed by atoms with E-state index in [2.05, 4.69) is 0 Å². The number of hydrogen-bond donors (Lipinski definition) is 3. The molecule has 10 heavy (non-hydrogen) atoms. The Morgan fingerprint density at radius 3 is 2.20 bits per heavy atom. The Kier molecular flexibility index (Phi) is 3.99. The van der Waals surface area contributed by atoms with Crippen LogP contribution in [0.3, 0.4) is 0 Å². The summed E-state index contributed by atoms with van der Waals surface area (Å²) in [6.45, 7) is 3.79. The highest BCUT2D eigenvalue weighted by Crippen LogP contribution is 2.03. The molecule has 0 aliphatic heterocycles. The van der Waals surface area contributed by atoms with Crippen molar-refractivity contribution in [1.29, 1.82) is 0 Å². The number of hydrogen-bond acceptors (Lipinski definition) is 3. The first kappa shape index (κ1) is 9.39. The quantitative estimate of drug-likeness (QED) is 0.505. The summed E-state index contributed by atoms with van der Waals surface area (Å²) < 4.78 is 0. The first-order valence-corrected chi connectivity index (χ1v) is 3.20. The molecule has 0 saturated heterocycles. The maximum Gasteiger partial charge on any atom is 0.323 e. The predicted molar refractivity (Wildman–Crippen MR) is 35.8 cm³/mol. The van der Waals surface area contributed by atoms with Crippen molar-refractivity contribution in [3.8, 4) is 0 Å². The average Bonchev–Trinajstić information content (AvgIpc) is 1.81. The fourth-order valence-corrected chi connectivity index (χ4v) is 0.680. The predicted octanol–water partition coefficient (Wildman–Crippen LogP) is 0.464. The number of aliphatic carboxylic acids is 1. The Balaban J connectivity index is 3.72. The second-order valence-corrected chi connectivity index (χ2v) is 2.65. The molecule has 0 saturated carbocycles. The second-order valence-electron chi connectivity index (χ2n) is 2.65. The molecule has 0 rings (SSSR count). The van der Waals surface area contributed by atoms with Gasteiger partial charge in [-0.05, 0) is 12.3 Å². The standard InChI is InChI=1S/C6H13NO3/c1-4(2)3-5(7-10)6(8)9/h4-5,7,10H,3H2,1-2H3,(H,8,9)/t5-/m0/s1. The number of hydroxylamine groups is 1. The summed E-state index contributed by atoms with van der Waals surface area (Å²) in [4.78, 5) is 10.2. The lowest BCUT2D eigenvalue weighted by molar-refractivity contribution is -0.142. The van der Waals surface area contributed by atoms with Crippen LogP contribution in [-0.4, -0.2) is 22.3 Å². The summed E-state index contributed by atoms with van der Waals surface area (Å²) in [5, 5.41) is 16.7. The minimum atomic E-state index is -1.02. The van der Waals surface area contributed by atoms with E-state index >= 15 is 0 Å². The molecule has 1 atom stereocenters. The summed E-state index contributed by atoms with van der Waals surface area (Å²) in [5.41, 5.74) is 1.73. The topological polar surface area (TPSA) is 69.6 Å². The zero-order valence-electron chi connectivity index (χ0n) is 6.16. The molecule has 4 heteroatoms. The van der Waals surface area contributed by atoms with Crippen LogP contribution in [0.15, 0.2) is 0 Å². The minimum absolute atomic E-state index is 0.265. The molecule has 3 N–H and O–H groups in total. The van der Waals surface area contributed by atoms with Crippen LogP contribution in [0.5, 0.6) is 0 Å². The fourth-order valence-electron chi connectivity index (χ4n) is 0.680. The summed E-state index contributed by atoms with van der Waals surface area (Å²) in [6, 6.07) is -0.833. The van der Waals surface area contributed by atoms with Gasteiger partial charge >= 0.3 is 5.97 Å². The lowest BCUT2D eigenvalue weighted by Gasteiger charge is -2.11. The molecule has 0 amide bonds. The van der Waals surface area contributed by atoms with Crippen LogP contribution >= 0.6 is 0 Å². The molecule has 0 unspecified atom stereocenters. The molecule has 0 heterocycles. The van der Waals surface area contributed by atoms with E-state index in [1.165, 1.54) is 0 Å². The normalized spacial score (nSPS) is 13.6. The molecule has 0 aromatic carbocycles. The van der Waals surface area contributed by atoms with Gasteiger partial charge in [0.2, 0.25) is 0 Å². The van der Waals surface area contributed by atoms with Gasteiger partial charge in [-0.25, -0.2) is 0 Å². The highest BCUT2D eigenvalue weighted by molar-refractivity contribution is 5.73. The Labute approximate surface area is 59.8 Å². The average molecular weight is 147 g/mol. The van der Waals surface area contributed by atoms with E-state index in [0.717, 1.165) is 0 Å². The number of carbonyl (C=O) groups is 1. The van der Waals surface area contributed by atoms with Crippen molar-refractivity contribution in [1.82, 2.24) is 5.48 Å². The zero-order chi connectivity index (χ0) is 8.15. The molecule has 0 aromatic heterocycles. The van der Waals surface area contributed by atoms with Gasteiger partial charge in [0.15, 0.2) is 0 Å². The van der Waals surface area contributed by atoms with Crippen LogP contribution in [0.25, 0.3) is 0 Å². The van der Waals surface area contributed by atoms with Crippen LogP contribution in [0.1, 0.15) is 20.3 Å².